The van der Waals surface area contributed by atoms with Gasteiger partial charge in [0.25, 0.3) is 0 Å². The average Bonchev–Trinajstić information content (AvgIpc) is 2.27. The van der Waals surface area contributed by atoms with Crippen LogP contribution in [0, 0.1) is 0 Å². The van der Waals surface area contributed by atoms with Gasteiger partial charge in [0, 0.05) is 0 Å². The zero-order valence-corrected chi connectivity index (χ0v) is 12.2. The largest absolute Gasteiger partial charge is 0.490 e. The van der Waals surface area contributed by atoms with Crippen molar-refractivity contribution in [1.82, 2.24) is 4.90 Å². The Hall–Kier alpha value is -1.35. The summed E-state index contributed by atoms with van der Waals surface area (Å²) in [6, 6.07) is 7.42. The highest BCUT2D eigenvalue weighted by molar-refractivity contribution is 6.04. The molecule has 0 bridgehead atoms. The number of carbonyl (C=O) groups excluding carboxylic acids is 1. The van der Waals surface area contributed by atoms with Gasteiger partial charge in [0.2, 0.25) is 0 Å². The molecule has 0 fully saturated rings. The Morgan fingerprint density at radius 2 is 1.78 bits per heavy atom. The monoisotopic (exact) mass is 249 g/mol. The first-order chi connectivity index (χ1) is 8.26. The molecule has 0 aliphatic heterocycles. The maximum Gasteiger partial charge on any atom is 0.186 e. The van der Waals surface area contributed by atoms with E-state index >= 15 is 0 Å². The Balaban J connectivity index is 3.13. The average molecular weight is 249 g/mol. The number of hydrogen-bond donors (Lipinski definition) is 0. The van der Waals surface area contributed by atoms with E-state index < -0.39 is 5.54 Å². The van der Waals surface area contributed by atoms with E-state index in [0.29, 0.717) is 11.3 Å². The fourth-order valence-corrected chi connectivity index (χ4v) is 1.54. The molecule has 0 heterocycles. The van der Waals surface area contributed by atoms with E-state index in [9.17, 15) is 4.79 Å². The van der Waals surface area contributed by atoms with E-state index in [1.165, 1.54) is 0 Å². The summed E-state index contributed by atoms with van der Waals surface area (Å²) in [4.78, 5) is 14.5. The molecular formula is C15H23NO2. The van der Waals surface area contributed by atoms with Gasteiger partial charge in [-0.2, -0.15) is 0 Å². The molecular weight excluding hydrogens is 226 g/mol. The summed E-state index contributed by atoms with van der Waals surface area (Å²) in [7, 11) is 3.81. The van der Waals surface area contributed by atoms with Crippen LogP contribution >= 0.6 is 0 Å². The van der Waals surface area contributed by atoms with Crippen molar-refractivity contribution in [3.63, 3.8) is 0 Å². The number of hydrogen-bond acceptors (Lipinski definition) is 3. The summed E-state index contributed by atoms with van der Waals surface area (Å²) in [5.74, 6) is 0.733. The van der Waals surface area contributed by atoms with Gasteiger partial charge in [0.1, 0.15) is 5.75 Å². The van der Waals surface area contributed by atoms with Crippen molar-refractivity contribution in [2.45, 2.75) is 39.3 Å². The minimum atomic E-state index is -0.545. The number of benzene rings is 1. The van der Waals surface area contributed by atoms with Gasteiger partial charge >= 0.3 is 0 Å². The number of likely N-dealkylation sites (N-methyl/N-ethyl adjacent to an activating group) is 1. The normalized spacial score (nSPS) is 12.0. The summed E-state index contributed by atoms with van der Waals surface area (Å²) in [6.07, 6.45) is 0.0569. The maximum atomic E-state index is 12.6. The van der Waals surface area contributed by atoms with Crippen LogP contribution in [0.4, 0.5) is 0 Å². The fourth-order valence-electron chi connectivity index (χ4n) is 1.54. The van der Waals surface area contributed by atoms with Crippen molar-refractivity contribution >= 4 is 5.78 Å². The first-order valence-corrected chi connectivity index (χ1v) is 6.24. The molecule has 18 heavy (non-hydrogen) atoms. The molecule has 0 atom stereocenters. The molecule has 0 N–H and O–H groups in total. The zero-order valence-electron chi connectivity index (χ0n) is 12.2. The number of Topliss-reactive ketones (excluding diaryl/α,β-unsaturated/α-hetero) is 1. The van der Waals surface area contributed by atoms with Gasteiger partial charge < -0.3 is 4.74 Å². The third kappa shape index (κ3) is 3.10. The van der Waals surface area contributed by atoms with Gasteiger partial charge in [-0.15, -0.1) is 0 Å². The second-order valence-electron chi connectivity index (χ2n) is 5.45. The minimum absolute atomic E-state index is 0.0569. The summed E-state index contributed by atoms with van der Waals surface area (Å²) in [6.45, 7) is 7.75. The number of ketones is 1. The highest BCUT2D eigenvalue weighted by atomic mass is 16.5. The van der Waals surface area contributed by atoms with Crippen LogP contribution in [0.1, 0.15) is 38.1 Å². The van der Waals surface area contributed by atoms with E-state index in [1.54, 1.807) is 0 Å². The second kappa shape index (κ2) is 5.53. The first kappa shape index (κ1) is 14.7. The van der Waals surface area contributed by atoms with Gasteiger partial charge in [-0.1, -0.05) is 12.1 Å². The smallest absolute Gasteiger partial charge is 0.186 e. The Bertz CT molecular complexity index is 422. The van der Waals surface area contributed by atoms with Crippen molar-refractivity contribution in [3.8, 4) is 5.75 Å². The lowest BCUT2D eigenvalue weighted by molar-refractivity contribution is 0.0749. The number of ether oxygens (including phenoxy) is 1. The van der Waals surface area contributed by atoms with Crippen LogP contribution in [0.5, 0.6) is 5.75 Å². The van der Waals surface area contributed by atoms with Crippen LogP contribution in [-0.2, 0) is 0 Å². The van der Waals surface area contributed by atoms with Crippen LogP contribution in [-0.4, -0.2) is 36.4 Å². The quantitative estimate of drug-likeness (QED) is 0.751. The van der Waals surface area contributed by atoms with Gasteiger partial charge in [-0.3, -0.25) is 9.69 Å². The SMILES string of the molecule is CC(C)Oc1ccccc1C(=O)C(C)(C)N(C)C. The molecule has 0 radical (unpaired) electrons. The molecule has 0 amide bonds. The third-order valence-electron chi connectivity index (χ3n) is 3.17. The number of rotatable bonds is 5. The van der Waals surface area contributed by atoms with E-state index in [4.69, 9.17) is 4.74 Å². The van der Waals surface area contributed by atoms with E-state index in [1.807, 2.05) is 71.0 Å². The molecule has 3 nitrogen and oxygen atoms in total. The predicted molar refractivity (Wildman–Crippen MR) is 74.3 cm³/mol. The molecule has 1 aromatic rings. The topological polar surface area (TPSA) is 29.5 Å². The molecule has 0 unspecified atom stereocenters. The van der Waals surface area contributed by atoms with Crippen LogP contribution in [0.3, 0.4) is 0 Å². The lowest BCUT2D eigenvalue weighted by atomic mass is 9.91. The van der Waals surface area contributed by atoms with Crippen molar-refractivity contribution < 1.29 is 9.53 Å². The highest BCUT2D eigenvalue weighted by Crippen LogP contribution is 2.26. The van der Waals surface area contributed by atoms with Crippen LogP contribution in [0.2, 0.25) is 0 Å². The van der Waals surface area contributed by atoms with Gasteiger partial charge in [0.05, 0.1) is 17.2 Å². The van der Waals surface area contributed by atoms with Crippen molar-refractivity contribution in [3.05, 3.63) is 29.8 Å². The van der Waals surface area contributed by atoms with Crippen molar-refractivity contribution in [2.75, 3.05) is 14.1 Å². The molecule has 0 spiro atoms. The van der Waals surface area contributed by atoms with E-state index in [2.05, 4.69) is 0 Å². The van der Waals surface area contributed by atoms with E-state index in [-0.39, 0.29) is 11.9 Å². The number of nitrogens with zero attached hydrogens (tertiary/aromatic N) is 1. The molecule has 3 heteroatoms. The van der Waals surface area contributed by atoms with E-state index in [0.717, 1.165) is 0 Å². The zero-order chi connectivity index (χ0) is 13.9. The lowest BCUT2D eigenvalue weighted by Gasteiger charge is -2.31. The van der Waals surface area contributed by atoms with Gasteiger partial charge in [-0.25, -0.2) is 0 Å². The third-order valence-corrected chi connectivity index (χ3v) is 3.17. The molecule has 0 aromatic heterocycles. The Morgan fingerprint density at radius 3 is 2.28 bits per heavy atom. The van der Waals surface area contributed by atoms with Crippen LogP contribution < -0.4 is 4.74 Å². The molecule has 1 aromatic carbocycles. The maximum absolute atomic E-state index is 12.6. The lowest BCUT2D eigenvalue weighted by Crippen LogP contribution is -2.45. The van der Waals surface area contributed by atoms with Crippen molar-refractivity contribution in [1.29, 1.82) is 0 Å². The number of carbonyl (C=O) groups is 1. The van der Waals surface area contributed by atoms with Crippen LogP contribution in [0.25, 0.3) is 0 Å². The first-order valence-electron chi connectivity index (χ1n) is 6.24. The Morgan fingerprint density at radius 1 is 1.22 bits per heavy atom. The highest BCUT2D eigenvalue weighted by Gasteiger charge is 2.32. The summed E-state index contributed by atoms with van der Waals surface area (Å²) < 4.78 is 5.70. The summed E-state index contributed by atoms with van der Waals surface area (Å²) in [5.41, 5.74) is 0.0982. The van der Waals surface area contributed by atoms with Gasteiger partial charge in [0.15, 0.2) is 5.78 Å². The second-order valence-corrected chi connectivity index (χ2v) is 5.45. The van der Waals surface area contributed by atoms with Crippen LogP contribution in [0.15, 0.2) is 24.3 Å². The molecule has 100 valence electrons. The fraction of sp³-hybridized carbons (Fsp3) is 0.533. The molecule has 1 rings (SSSR count). The molecule has 0 saturated heterocycles. The standard InChI is InChI=1S/C15H23NO2/c1-11(2)18-13-10-8-7-9-12(13)14(17)15(3,4)16(5)6/h7-11H,1-6H3. The predicted octanol–water partition coefficient (Wildman–Crippen LogP) is 3.00. The van der Waals surface area contributed by atoms with Crippen molar-refractivity contribution in [2.24, 2.45) is 0 Å². The Kier molecular flexibility index (Phi) is 4.52. The minimum Gasteiger partial charge on any atom is -0.490 e. The summed E-state index contributed by atoms with van der Waals surface area (Å²) in [5, 5.41) is 0. The molecule has 0 aliphatic rings. The Labute approximate surface area is 110 Å². The molecule has 0 saturated carbocycles. The van der Waals surface area contributed by atoms with Gasteiger partial charge in [-0.05, 0) is 53.9 Å². The molecule has 0 aliphatic carbocycles. The summed E-state index contributed by atoms with van der Waals surface area (Å²) >= 11 is 0. The number of para-hydroxylation sites is 1.